The van der Waals surface area contributed by atoms with Crippen molar-refractivity contribution >= 4 is 5.91 Å². The largest absolute Gasteiger partial charge is 0.342 e. The summed E-state index contributed by atoms with van der Waals surface area (Å²) in [5, 5.41) is 3.32. The number of carbonyl (C=O) groups is 1. The van der Waals surface area contributed by atoms with Crippen LogP contribution in [0.15, 0.2) is 0 Å². The van der Waals surface area contributed by atoms with E-state index in [1.165, 1.54) is 38.8 Å². The summed E-state index contributed by atoms with van der Waals surface area (Å²) in [6.07, 6.45) is 6.08. The fraction of sp³-hybridized carbons (Fsp3) is 0.941. The van der Waals surface area contributed by atoms with Crippen LogP contribution in [0, 0.1) is 17.8 Å². The van der Waals surface area contributed by atoms with Crippen molar-refractivity contribution in [2.75, 3.05) is 26.2 Å². The smallest absolute Gasteiger partial charge is 0.225 e. The molecule has 0 aromatic carbocycles. The third-order valence-corrected chi connectivity index (χ3v) is 4.76. The monoisotopic (exact) mass is 282 g/mol. The van der Waals surface area contributed by atoms with Crippen molar-refractivity contribution in [2.45, 2.75) is 59.8 Å². The lowest BCUT2D eigenvalue weighted by Crippen LogP contribution is -2.40. The van der Waals surface area contributed by atoms with Crippen LogP contribution in [0.5, 0.6) is 0 Å². The van der Waals surface area contributed by atoms with Crippen molar-refractivity contribution in [3.05, 3.63) is 0 Å². The minimum Gasteiger partial charge on any atom is -0.342 e. The Kier molecular flexibility index (Phi) is 8.20. The van der Waals surface area contributed by atoms with E-state index in [1.54, 1.807) is 0 Å². The van der Waals surface area contributed by atoms with Gasteiger partial charge >= 0.3 is 0 Å². The second kappa shape index (κ2) is 9.38. The number of nitrogens with one attached hydrogen (secondary N) is 1. The van der Waals surface area contributed by atoms with Crippen LogP contribution in [-0.4, -0.2) is 37.0 Å². The predicted octanol–water partition coefficient (Wildman–Crippen LogP) is 3.30. The standard InChI is InChI=1S/C11H21NO.C6H13N/c1-4-10(3)11(13)12-7-5-9(2)6-8-12;1-6-2-4-7-5-3-6/h9-10H,4-8H2,1-3H3;6-7H,2-5H2,1H3. The predicted molar refractivity (Wildman–Crippen MR) is 85.7 cm³/mol. The van der Waals surface area contributed by atoms with Crippen LogP contribution in [0.25, 0.3) is 0 Å². The van der Waals surface area contributed by atoms with E-state index in [0.717, 1.165) is 31.3 Å². The van der Waals surface area contributed by atoms with E-state index in [4.69, 9.17) is 0 Å². The fourth-order valence-corrected chi connectivity index (χ4v) is 2.68. The molecule has 20 heavy (non-hydrogen) atoms. The maximum absolute atomic E-state index is 11.8. The number of nitrogens with zero attached hydrogens (tertiary/aromatic N) is 1. The van der Waals surface area contributed by atoms with Gasteiger partial charge in [-0.05, 0) is 57.0 Å². The molecule has 0 aliphatic carbocycles. The third-order valence-electron chi connectivity index (χ3n) is 4.76. The first-order valence-electron chi connectivity index (χ1n) is 8.54. The van der Waals surface area contributed by atoms with Gasteiger partial charge in [0.15, 0.2) is 0 Å². The van der Waals surface area contributed by atoms with Crippen LogP contribution in [0.1, 0.15) is 59.8 Å². The summed E-state index contributed by atoms with van der Waals surface area (Å²) in [6.45, 7) is 13.1. The summed E-state index contributed by atoms with van der Waals surface area (Å²) in [6, 6.07) is 0. The normalized spacial score (nSPS) is 22.9. The van der Waals surface area contributed by atoms with Crippen molar-refractivity contribution in [3.8, 4) is 0 Å². The van der Waals surface area contributed by atoms with Crippen LogP contribution >= 0.6 is 0 Å². The molecule has 118 valence electrons. The summed E-state index contributed by atoms with van der Waals surface area (Å²) in [5.74, 6) is 2.35. The second-order valence-corrected chi connectivity index (χ2v) is 6.75. The van der Waals surface area contributed by atoms with Crippen LogP contribution < -0.4 is 5.32 Å². The van der Waals surface area contributed by atoms with Crippen molar-refractivity contribution < 1.29 is 4.79 Å². The van der Waals surface area contributed by atoms with Gasteiger partial charge in [-0.15, -0.1) is 0 Å². The zero-order valence-electron chi connectivity index (χ0n) is 14.0. The van der Waals surface area contributed by atoms with Gasteiger partial charge in [0.2, 0.25) is 5.91 Å². The summed E-state index contributed by atoms with van der Waals surface area (Å²) < 4.78 is 0. The SMILES string of the molecule is CC1CCNCC1.CCC(C)C(=O)N1CCC(C)CC1. The van der Waals surface area contributed by atoms with Gasteiger partial charge in [-0.1, -0.05) is 27.7 Å². The minimum absolute atomic E-state index is 0.216. The molecule has 2 heterocycles. The molecular weight excluding hydrogens is 248 g/mol. The first-order chi connectivity index (χ1) is 9.54. The van der Waals surface area contributed by atoms with Crippen LogP contribution in [0.2, 0.25) is 0 Å². The molecular formula is C17H34N2O. The van der Waals surface area contributed by atoms with Gasteiger partial charge in [0.1, 0.15) is 0 Å². The lowest BCUT2D eigenvalue weighted by molar-refractivity contribution is -0.136. The van der Waals surface area contributed by atoms with Gasteiger partial charge in [0.05, 0.1) is 0 Å². The van der Waals surface area contributed by atoms with Crippen molar-refractivity contribution in [1.29, 1.82) is 0 Å². The number of rotatable bonds is 2. The average molecular weight is 282 g/mol. The van der Waals surface area contributed by atoms with Gasteiger partial charge in [-0.25, -0.2) is 0 Å². The molecule has 2 aliphatic heterocycles. The maximum Gasteiger partial charge on any atom is 0.225 e. The third kappa shape index (κ3) is 6.25. The number of piperidine rings is 2. The molecule has 2 rings (SSSR count). The summed E-state index contributed by atoms with van der Waals surface area (Å²) in [4.78, 5) is 13.8. The fourth-order valence-electron chi connectivity index (χ4n) is 2.68. The number of carbonyl (C=O) groups excluding carboxylic acids is 1. The Morgan fingerprint density at radius 3 is 2.00 bits per heavy atom. The number of amides is 1. The molecule has 1 atom stereocenters. The lowest BCUT2D eigenvalue weighted by atomic mass is 9.97. The van der Waals surface area contributed by atoms with E-state index in [9.17, 15) is 4.79 Å². The van der Waals surface area contributed by atoms with Crippen LogP contribution in [0.3, 0.4) is 0 Å². The lowest BCUT2D eigenvalue weighted by Gasteiger charge is -2.32. The quantitative estimate of drug-likeness (QED) is 0.843. The molecule has 0 radical (unpaired) electrons. The molecule has 0 aromatic rings. The van der Waals surface area contributed by atoms with Crippen molar-refractivity contribution in [3.63, 3.8) is 0 Å². The number of likely N-dealkylation sites (tertiary alicyclic amines) is 1. The molecule has 2 fully saturated rings. The topological polar surface area (TPSA) is 32.3 Å². The highest BCUT2D eigenvalue weighted by Gasteiger charge is 2.22. The molecule has 0 aromatic heterocycles. The zero-order chi connectivity index (χ0) is 15.0. The summed E-state index contributed by atoms with van der Waals surface area (Å²) in [5.41, 5.74) is 0. The number of hydrogen-bond donors (Lipinski definition) is 1. The van der Waals surface area contributed by atoms with Gasteiger partial charge in [0.25, 0.3) is 0 Å². The first kappa shape index (κ1) is 17.5. The zero-order valence-corrected chi connectivity index (χ0v) is 14.0. The maximum atomic E-state index is 11.8. The molecule has 3 nitrogen and oxygen atoms in total. The molecule has 2 saturated heterocycles. The van der Waals surface area contributed by atoms with E-state index in [1.807, 2.05) is 11.8 Å². The van der Waals surface area contributed by atoms with Crippen molar-refractivity contribution in [2.24, 2.45) is 17.8 Å². The second-order valence-electron chi connectivity index (χ2n) is 6.75. The van der Waals surface area contributed by atoms with Gasteiger partial charge < -0.3 is 10.2 Å². The van der Waals surface area contributed by atoms with Gasteiger partial charge in [-0.3, -0.25) is 4.79 Å². The molecule has 0 saturated carbocycles. The molecule has 1 amide bonds. The molecule has 2 aliphatic rings. The Morgan fingerprint density at radius 2 is 1.60 bits per heavy atom. The Bertz CT molecular complexity index is 266. The Morgan fingerprint density at radius 1 is 1.10 bits per heavy atom. The van der Waals surface area contributed by atoms with Crippen molar-refractivity contribution in [1.82, 2.24) is 10.2 Å². The summed E-state index contributed by atoms with van der Waals surface area (Å²) in [7, 11) is 0. The highest BCUT2D eigenvalue weighted by Crippen LogP contribution is 2.18. The molecule has 0 bridgehead atoms. The first-order valence-corrected chi connectivity index (χ1v) is 8.54. The minimum atomic E-state index is 0.216. The number of hydrogen-bond acceptors (Lipinski definition) is 2. The Balaban J connectivity index is 0.000000240. The van der Waals surface area contributed by atoms with E-state index < -0.39 is 0 Å². The van der Waals surface area contributed by atoms with E-state index in [0.29, 0.717) is 5.91 Å². The van der Waals surface area contributed by atoms with Crippen LogP contribution in [-0.2, 0) is 4.79 Å². The molecule has 1 N–H and O–H groups in total. The molecule has 1 unspecified atom stereocenters. The molecule has 3 heteroatoms. The van der Waals surface area contributed by atoms with Gasteiger partial charge in [-0.2, -0.15) is 0 Å². The van der Waals surface area contributed by atoms with E-state index in [2.05, 4.69) is 26.1 Å². The van der Waals surface area contributed by atoms with E-state index >= 15 is 0 Å². The summed E-state index contributed by atoms with van der Waals surface area (Å²) >= 11 is 0. The highest BCUT2D eigenvalue weighted by atomic mass is 16.2. The van der Waals surface area contributed by atoms with Gasteiger partial charge in [0, 0.05) is 19.0 Å². The average Bonchev–Trinajstić information content (AvgIpc) is 2.48. The van der Waals surface area contributed by atoms with E-state index in [-0.39, 0.29) is 5.92 Å². The van der Waals surface area contributed by atoms with Crippen LogP contribution in [0.4, 0.5) is 0 Å². The molecule has 0 spiro atoms. The highest BCUT2D eigenvalue weighted by molar-refractivity contribution is 5.78. The Labute approximate surface area is 125 Å². The Hall–Kier alpha value is -0.570.